The number of nitrogens with zero attached hydrogens (tertiary/aromatic N) is 3. The summed E-state index contributed by atoms with van der Waals surface area (Å²) < 4.78 is 5.27. The van der Waals surface area contributed by atoms with Gasteiger partial charge in [0.05, 0.1) is 38.4 Å². The first-order valence-electron chi connectivity index (χ1n) is 9.96. The summed E-state index contributed by atoms with van der Waals surface area (Å²) in [5.41, 5.74) is 1.33. The SMILES string of the molecule is CCCN(CC(=O)Nc1ccccc1OC)CC(=O)N(CCC#N)c1ccccc1. The Morgan fingerprint density at radius 1 is 1.03 bits per heavy atom. The Hall–Kier alpha value is -3.37. The summed E-state index contributed by atoms with van der Waals surface area (Å²) in [6.45, 7) is 3.09. The molecule has 0 heterocycles. The second-order valence-electron chi connectivity index (χ2n) is 6.75. The quantitative estimate of drug-likeness (QED) is 0.617. The monoisotopic (exact) mass is 408 g/mol. The second-order valence-corrected chi connectivity index (χ2v) is 6.75. The van der Waals surface area contributed by atoms with Crippen molar-refractivity contribution in [2.75, 3.05) is 43.5 Å². The van der Waals surface area contributed by atoms with E-state index in [1.807, 2.05) is 54.3 Å². The van der Waals surface area contributed by atoms with Crippen LogP contribution in [-0.2, 0) is 9.59 Å². The van der Waals surface area contributed by atoms with Crippen LogP contribution in [0.3, 0.4) is 0 Å². The van der Waals surface area contributed by atoms with E-state index < -0.39 is 0 Å². The third-order valence-corrected chi connectivity index (χ3v) is 4.46. The van der Waals surface area contributed by atoms with E-state index in [1.54, 1.807) is 24.1 Å². The topological polar surface area (TPSA) is 85.7 Å². The fraction of sp³-hybridized carbons (Fsp3) is 0.348. The third-order valence-electron chi connectivity index (χ3n) is 4.46. The van der Waals surface area contributed by atoms with Gasteiger partial charge in [-0.25, -0.2) is 0 Å². The normalized spacial score (nSPS) is 10.3. The van der Waals surface area contributed by atoms with Crippen molar-refractivity contribution in [3.63, 3.8) is 0 Å². The lowest BCUT2D eigenvalue weighted by molar-refractivity contribution is -0.121. The van der Waals surface area contributed by atoms with Crippen LogP contribution in [0.15, 0.2) is 54.6 Å². The highest BCUT2D eigenvalue weighted by atomic mass is 16.5. The van der Waals surface area contributed by atoms with Crippen molar-refractivity contribution >= 4 is 23.2 Å². The van der Waals surface area contributed by atoms with Gasteiger partial charge in [-0.1, -0.05) is 37.3 Å². The average molecular weight is 409 g/mol. The van der Waals surface area contributed by atoms with Gasteiger partial charge in [0, 0.05) is 12.2 Å². The van der Waals surface area contributed by atoms with Gasteiger partial charge in [0.25, 0.3) is 0 Å². The van der Waals surface area contributed by atoms with E-state index in [9.17, 15) is 9.59 Å². The molecule has 2 amide bonds. The van der Waals surface area contributed by atoms with Crippen LogP contribution in [0.2, 0.25) is 0 Å². The van der Waals surface area contributed by atoms with Crippen LogP contribution < -0.4 is 15.0 Å². The van der Waals surface area contributed by atoms with Gasteiger partial charge in [-0.2, -0.15) is 5.26 Å². The zero-order chi connectivity index (χ0) is 21.8. The molecule has 30 heavy (non-hydrogen) atoms. The van der Waals surface area contributed by atoms with E-state index in [2.05, 4.69) is 11.4 Å². The first-order chi connectivity index (χ1) is 14.6. The van der Waals surface area contributed by atoms with Crippen molar-refractivity contribution in [2.24, 2.45) is 0 Å². The van der Waals surface area contributed by atoms with Crippen molar-refractivity contribution in [2.45, 2.75) is 19.8 Å². The molecule has 0 aliphatic heterocycles. The van der Waals surface area contributed by atoms with Crippen molar-refractivity contribution in [3.8, 4) is 11.8 Å². The number of hydrogen-bond acceptors (Lipinski definition) is 5. The van der Waals surface area contributed by atoms with Crippen LogP contribution in [0, 0.1) is 11.3 Å². The van der Waals surface area contributed by atoms with E-state index in [0.717, 1.165) is 12.1 Å². The Morgan fingerprint density at radius 3 is 2.40 bits per heavy atom. The molecule has 2 aromatic rings. The molecule has 0 saturated carbocycles. The summed E-state index contributed by atoms with van der Waals surface area (Å²) in [5, 5.41) is 11.8. The molecular weight excluding hydrogens is 380 g/mol. The van der Waals surface area contributed by atoms with E-state index in [0.29, 0.717) is 24.5 Å². The lowest BCUT2D eigenvalue weighted by Gasteiger charge is -2.26. The summed E-state index contributed by atoms with van der Waals surface area (Å²) in [6.07, 6.45) is 1.04. The number of hydrogen-bond donors (Lipinski definition) is 1. The highest BCUT2D eigenvalue weighted by molar-refractivity contribution is 5.96. The van der Waals surface area contributed by atoms with Gasteiger partial charge in [-0.05, 0) is 37.2 Å². The summed E-state index contributed by atoms with van der Waals surface area (Å²) >= 11 is 0. The maximum atomic E-state index is 13.0. The number of benzene rings is 2. The molecule has 1 N–H and O–H groups in total. The minimum absolute atomic E-state index is 0.0819. The number of para-hydroxylation sites is 3. The molecule has 0 radical (unpaired) electrons. The van der Waals surface area contributed by atoms with E-state index in [1.165, 1.54) is 0 Å². The fourth-order valence-corrected chi connectivity index (χ4v) is 3.12. The molecule has 2 aromatic carbocycles. The highest BCUT2D eigenvalue weighted by Crippen LogP contribution is 2.23. The maximum absolute atomic E-state index is 13.0. The van der Waals surface area contributed by atoms with Crippen LogP contribution in [0.1, 0.15) is 19.8 Å². The molecule has 7 heteroatoms. The highest BCUT2D eigenvalue weighted by Gasteiger charge is 2.20. The van der Waals surface area contributed by atoms with Gasteiger partial charge in [0.2, 0.25) is 11.8 Å². The first-order valence-corrected chi connectivity index (χ1v) is 9.96. The van der Waals surface area contributed by atoms with Crippen molar-refractivity contribution in [3.05, 3.63) is 54.6 Å². The van der Waals surface area contributed by atoms with Gasteiger partial charge in [-0.3, -0.25) is 14.5 Å². The van der Waals surface area contributed by atoms with Crippen molar-refractivity contribution in [1.82, 2.24) is 4.90 Å². The lowest BCUT2D eigenvalue weighted by Crippen LogP contribution is -2.44. The lowest BCUT2D eigenvalue weighted by atomic mass is 10.2. The van der Waals surface area contributed by atoms with Crippen LogP contribution in [0.25, 0.3) is 0 Å². The summed E-state index contributed by atoms with van der Waals surface area (Å²) in [6, 6.07) is 18.5. The second kappa shape index (κ2) is 12.2. The van der Waals surface area contributed by atoms with Crippen LogP contribution >= 0.6 is 0 Å². The number of methoxy groups -OCH3 is 1. The van der Waals surface area contributed by atoms with Crippen molar-refractivity contribution in [1.29, 1.82) is 5.26 Å². The summed E-state index contributed by atoms with van der Waals surface area (Å²) in [5.74, 6) is 0.217. The molecule has 0 fully saturated rings. The third kappa shape index (κ3) is 6.90. The molecule has 158 valence electrons. The Labute approximate surface area is 177 Å². The smallest absolute Gasteiger partial charge is 0.241 e. The minimum atomic E-state index is -0.218. The van der Waals surface area contributed by atoms with Crippen LogP contribution in [-0.4, -0.2) is 50.0 Å². The number of amides is 2. The molecule has 2 rings (SSSR count). The van der Waals surface area contributed by atoms with Gasteiger partial charge in [0.1, 0.15) is 5.75 Å². The molecule has 0 atom stereocenters. The average Bonchev–Trinajstić information content (AvgIpc) is 2.75. The maximum Gasteiger partial charge on any atom is 0.241 e. The van der Waals surface area contributed by atoms with Crippen LogP contribution in [0.5, 0.6) is 5.75 Å². The first kappa shape index (κ1) is 22.9. The predicted octanol–water partition coefficient (Wildman–Crippen LogP) is 3.29. The van der Waals surface area contributed by atoms with Crippen molar-refractivity contribution < 1.29 is 14.3 Å². The minimum Gasteiger partial charge on any atom is -0.495 e. The fourth-order valence-electron chi connectivity index (χ4n) is 3.12. The Bertz CT molecular complexity index is 864. The molecule has 0 unspecified atom stereocenters. The van der Waals surface area contributed by atoms with Gasteiger partial charge in [0.15, 0.2) is 0 Å². The van der Waals surface area contributed by atoms with Gasteiger partial charge >= 0.3 is 0 Å². The Kier molecular flexibility index (Phi) is 9.35. The van der Waals surface area contributed by atoms with Crippen LogP contribution in [0.4, 0.5) is 11.4 Å². The van der Waals surface area contributed by atoms with Gasteiger partial charge in [-0.15, -0.1) is 0 Å². The molecule has 0 aliphatic rings. The number of carbonyl (C=O) groups is 2. The summed E-state index contributed by atoms with van der Waals surface area (Å²) in [7, 11) is 1.55. The number of nitrogens with one attached hydrogen (secondary N) is 1. The number of ether oxygens (including phenoxy) is 1. The molecule has 0 aromatic heterocycles. The molecule has 0 saturated heterocycles. The summed E-state index contributed by atoms with van der Waals surface area (Å²) in [4.78, 5) is 29.0. The number of carbonyl (C=O) groups excluding carboxylic acids is 2. The van der Waals surface area contributed by atoms with E-state index in [-0.39, 0.29) is 31.3 Å². The molecular formula is C23H28N4O3. The number of rotatable bonds is 11. The van der Waals surface area contributed by atoms with E-state index >= 15 is 0 Å². The number of nitriles is 1. The zero-order valence-corrected chi connectivity index (χ0v) is 17.5. The van der Waals surface area contributed by atoms with E-state index in [4.69, 9.17) is 10.00 Å². The largest absolute Gasteiger partial charge is 0.495 e. The molecule has 0 spiro atoms. The van der Waals surface area contributed by atoms with Gasteiger partial charge < -0.3 is 15.0 Å². The Balaban J connectivity index is 2.06. The predicted molar refractivity (Wildman–Crippen MR) is 117 cm³/mol. The molecule has 0 bridgehead atoms. The molecule has 0 aliphatic carbocycles. The zero-order valence-electron chi connectivity index (χ0n) is 17.5. The number of anilines is 2. The standard InChI is InChI=1S/C23H28N4O3/c1-3-15-26(17-22(28)25-20-12-7-8-13-21(20)30-2)18-23(29)27(16-9-14-24)19-10-5-4-6-11-19/h4-8,10-13H,3,9,15-18H2,1-2H3,(H,25,28). The Morgan fingerprint density at radius 2 is 1.73 bits per heavy atom. The molecule has 7 nitrogen and oxygen atoms in total.